The largest absolute Gasteiger partial charge is 0.455 e. The molecular weight excluding hydrogens is 1080 g/mol. The number of hydrogen-bond acceptors (Lipinski definition) is 15. The maximum atomic E-state index is 15.8. The highest BCUT2D eigenvalue weighted by atomic mass is 16.6. The van der Waals surface area contributed by atoms with Crippen LogP contribution in [0, 0.1) is 16.7 Å². The van der Waals surface area contributed by atoms with Crippen LogP contribution in [0.25, 0.3) is 0 Å². The van der Waals surface area contributed by atoms with Gasteiger partial charge in [0, 0.05) is 44.1 Å². The van der Waals surface area contributed by atoms with Crippen LogP contribution in [-0.2, 0) is 52.4 Å². The van der Waals surface area contributed by atoms with E-state index in [9.17, 15) is 34.2 Å². The normalized spacial score (nSPS) is 27.0. The van der Waals surface area contributed by atoms with Gasteiger partial charge in [0.1, 0.15) is 30.0 Å². The predicted molar refractivity (Wildman–Crippen MR) is 319 cm³/mol. The van der Waals surface area contributed by atoms with Gasteiger partial charge in [0.15, 0.2) is 17.5 Å². The number of Topliss-reactive ketones (excluding diaryl/α,β-unsaturated/α-hetero) is 1. The van der Waals surface area contributed by atoms with E-state index in [1.54, 1.807) is 92.7 Å². The highest BCUT2D eigenvalue weighted by molar-refractivity contribution is 5.96. The van der Waals surface area contributed by atoms with Crippen LogP contribution < -0.4 is 5.32 Å². The second kappa shape index (κ2) is 29.3. The maximum absolute atomic E-state index is 15.8. The summed E-state index contributed by atoms with van der Waals surface area (Å²) in [4.78, 5) is 101. The standard InChI is InChI=1S/C69H81NO15/c1-8-9-10-11-12-13-14-15-16-17-18-19-20-21-22-23-24-25-35-42-55(74)83-59(57(49-36-29-26-30-37-49)70-63(76)50-38-31-27-32-39-50)65(78)82-52-44-69(79)62(84-64(77)51-40-33-28-34-41-51)60-67(7,53(73)43-54-68(60,45-80-54)85-48(4)72)61(75)58(81-47(3)71)56(46(52)2)66(69,5)6/h9-10,12-13,15-16,18-19,21-22,24-34,36-41,52-54,57-60,62,73,79H,8,11,14,17,20,23,35,42-45H2,1-7H3,(H,70,76)/b10-9-,13-12-,16-15-,19-18-,22-21-,25-24-/t52-,53-,54+,57-,58+,59+,60?,62?,67+,68-,69+/m0/s1. The first-order valence-electron chi connectivity index (χ1n) is 29.3. The van der Waals surface area contributed by atoms with E-state index in [2.05, 4.69) is 66.9 Å². The highest BCUT2D eigenvalue weighted by Crippen LogP contribution is 2.64. The average Bonchev–Trinajstić information content (AvgIpc) is 0.686. The van der Waals surface area contributed by atoms with Crippen molar-refractivity contribution in [3.8, 4) is 0 Å². The second-order valence-electron chi connectivity index (χ2n) is 22.8. The van der Waals surface area contributed by atoms with Gasteiger partial charge in [-0.3, -0.25) is 24.0 Å². The molecule has 1 saturated heterocycles. The number of hydrogen-bond donors (Lipinski definition) is 3. The molecule has 2 unspecified atom stereocenters. The quantitative estimate of drug-likeness (QED) is 0.0407. The van der Waals surface area contributed by atoms with Crippen LogP contribution in [-0.4, -0.2) is 106 Å². The predicted octanol–water partition coefficient (Wildman–Crippen LogP) is 10.8. The summed E-state index contributed by atoms with van der Waals surface area (Å²) in [5.74, 6) is -7.73. The first-order valence-corrected chi connectivity index (χ1v) is 29.3. The Labute approximate surface area is 498 Å². The Morgan fingerprint density at radius 2 is 1.24 bits per heavy atom. The topological polar surface area (TPSA) is 227 Å². The molecule has 0 spiro atoms. The minimum absolute atomic E-state index is 0.0256. The molecule has 1 aliphatic heterocycles. The molecule has 3 aromatic carbocycles. The number of ether oxygens (including phenoxy) is 6. The number of amides is 1. The summed E-state index contributed by atoms with van der Waals surface area (Å²) in [7, 11) is 0. The second-order valence-corrected chi connectivity index (χ2v) is 22.8. The molecule has 1 heterocycles. The molecule has 85 heavy (non-hydrogen) atoms. The van der Waals surface area contributed by atoms with E-state index in [0.29, 0.717) is 12.0 Å². The van der Waals surface area contributed by atoms with Crippen LogP contribution in [0.15, 0.2) is 175 Å². The van der Waals surface area contributed by atoms with Gasteiger partial charge in [-0.05, 0) is 99.8 Å². The van der Waals surface area contributed by atoms with Crippen LogP contribution in [0.4, 0.5) is 0 Å². The molecule has 16 heteroatoms. The van der Waals surface area contributed by atoms with Gasteiger partial charge < -0.3 is 44.0 Å². The Morgan fingerprint density at radius 1 is 0.706 bits per heavy atom. The monoisotopic (exact) mass is 1160 g/mol. The van der Waals surface area contributed by atoms with Crippen molar-refractivity contribution in [3.05, 3.63) is 192 Å². The molecule has 11 atom stereocenters. The number of fused-ring (bicyclic) bond motifs is 5. The zero-order chi connectivity index (χ0) is 61.4. The van der Waals surface area contributed by atoms with E-state index in [4.69, 9.17) is 28.4 Å². The molecular formula is C69H81NO15. The number of carbonyl (C=O) groups is 7. The smallest absolute Gasteiger partial charge is 0.350 e. The molecule has 2 bridgehead atoms. The minimum Gasteiger partial charge on any atom is -0.455 e. The van der Waals surface area contributed by atoms with E-state index in [0.717, 1.165) is 46.0 Å². The molecule has 16 nitrogen and oxygen atoms in total. The lowest BCUT2D eigenvalue weighted by atomic mass is 9.44. The third kappa shape index (κ3) is 14.8. The fraction of sp³-hybridized carbons (Fsp3) is 0.435. The van der Waals surface area contributed by atoms with Gasteiger partial charge in [-0.2, -0.15) is 0 Å². The Balaban J connectivity index is 1.21. The van der Waals surface area contributed by atoms with Crippen molar-refractivity contribution in [1.29, 1.82) is 0 Å². The Kier molecular flexibility index (Phi) is 22.4. The van der Waals surface area contributed by atoms with E-state index >= 15 is 9.59 Å². The number of allylic oxidation sites excluding steroid dienone is 12. The fourth-order valence-corrected chi connectivity index (χ4v) is 12.3. The van der Waals surface area contributed by atoms with Crippen LogP contribution in [0.2, 0.25) is 0 Å². The zero-order valence-corrected chi connectivity index (χ0v) is 49.7. The van der Waals surface area contributed by atoms with Gasteiger partial charge in [-0.15, -0.1) is 0 Å². The number of aliphatic hydroxyl groups is 2. The summed E-state index contributed by atoms with van der Waals surface area (Å²) in [5, 5.41) is 29.2. The molecule has 3 aliphatic carbocycles. The summed E-state index contributed by atoms with van der Waals surface area (Å²) >= 11 is 0. The lowest BCUT2D eigenvalue weighted by molar-refractivity contribution is -0.346. The van der Waals surface area contributed by atoms with Crippen molar-refractivity contribution in [2.75, 3.05) is 6.61 Å². The van der Waals surface area contributed by atoms with E-state index < -0.39 is 119 Å². The molecule has 1 amide bonds. The highest BCUT2D eigenvalue weighted by Gasteiger charge is 2.78. The SMILES string of the molecule is CC/C=C\C/C=C\C/C=C\C/C=C\C/C=C\C/C=C\CCC(=O)O[C@@H](C(=O)O[C@H]1C[C@@]2(O)C(OC(=O)c3ccccc3)C3[C@](C)(C(=O)[C@H](OC(C)=O)C(=C1C)C2(C)C)[C@@H](O)C[C@H]1OC[C@@]31OC(C)=O)[C@@H](NC(=O)c1ccccc1)c1ccccc1. The molecule has 3 N–H and O–H groups in total. The van der Waals surface area contributed by atoms with E-state index in [-0.39, 0.29) is 48.1 Å². The maximum Gasteiger partial charge on any atom is 0.350 e. The van der Waals surface area contributed by atoms with Crippen molar-refractivity contribution >= 4 is 41.5 Å². The number of aliphatic hydroxyl groups excluding tert-OH is 1. The van der Waals surface area contributed by atoms with Crippen LogP contribution in [0.1, 0.15) is 145 Å². The van der Waals surface area contributed by atoms with Crippen LogP contribution >= 0.6 is 0 Å². The summed E-state index contributed by atoms with van der Waals surface area (Å²) in [6, 6.07) is 23.1. The third-order valence-electron chi connectivity index (χ3n) is 16.8. The van der Waals surface area contributed by atoms with E-state index in [1.807, 2.05) is 18.2 Å². The van der Waals surface area contributed by atoms with Crippen molar-refractivity contribution in [3.63, 3.8) is 0 Å². The molecule has 4 aliphatic rings. The number of nitrogens with one attached hydrogen (secondary N) is 1. The number of carbonyl (C=O) groups excluding carboxylic acids is 7. The molecule has 0 radical (unpaired) electrons. The lowest BCUT2D eigenvalue weighted by Crippen LogP contribution is -2.82. The molecule has 3 fully saturated rings. The zero-order valence-electron chi connectivity index (χ0n) is 49.7. The van der Waals surface area contributed by atoms with Crippen molar-refractivity contribution < 1.29 is 72.2 Å². The number of esters is 5. The van der Waals surface area contributed by atoms with Gasteiger partial charge >= 0.3 is 29.8 Å². The van der Waals surface area contributed by atoms with Crippen LogP contribution in [0.3, 0.4) is 0 Å². The Morgan fingerprint density at radius 3 is 1.75 bits per heavy atom. The van der Waals surface area contributed by atoms with Gasteiger partial charge in [-0.1, -0.05) is 160 Å². The van der Waals surface area contributed by atoms with Crippen molar-refractivity contribution in [1.82, 2.24) is 5.32 Å². The fourth-order valence-electron chi connectivity index (χ4n) is 12.3. The number of rotatable bonds is 25. The van der Waals surface area contributed by atoms with E-state index in [1.165, 1.54) is 26.0 Å². The van der Waals surface area contributed by atoms with Crippen LogP contribution in [0.5, 0.6) is 0 Å². The first-order chi connectivity index (χ1) is 40.7. The van der Waals surface area contributed by atoms with Crippen molar-refractivity contribution in [2.24, 2.45) is 16.7 Å². The number of benzene rings is 3. The summed E-state index contributed by atoms with van der Waals surface area (Å²) in [6.07, 6.45) is 19.4. The molecule has 2 saturated carbocycles. The van der Waals surface area contributed by atoms with Gasteiger partial charge in [0.25, 0.3) is 5.91 Å². The van der Waals surface area contributed by atoms with Crippen molar-refractivity contribution in [2.45, 2.75) is 167 Å². The minimum atomic E-state index is -2.46. The third-order valence-corrected chi connectivity index (χ3v) is 16.8. The average molecular weight is 1160 g/mol. The summed E-state index contributed by atoms with van der Waals surface area (Å²) < 4.78 is 37.2. The first kappa shape index (κ1) is 64.8. The molecule has 7 rings (SSSR count). The van der Waals surface area contributed by atoms with Gasteiger partial charge in [-0.25, -0.2) is 9.59 Å². The molecule has 452 valence electrons. The van der Waals surface area contributed by atoms with Gasteiger partial charge in [0.05, 0.1) is 29.6 Å². The molecule has 3 aromatic rings. The summed E-state index contributed by atoms with van der Waals surface area (Å²) in [5.41, 5.74) is -7.33. The molecule has 0 aromatic heterocycles. The van der Waals surface area contributed by atoms with Gasteiger partial charge in [0.2, 0.25) is 6.10 Å². The number of ketones is 1. The Bertz CT molecular complexity index is 3070. The Hall–Kier alpha value is -7.79. The summed E-state index contributed by atoms with van der Waals surface area (Å²) in [6.45, 7) is 10.1. The lowest BCUT2D eigenvalue weighted by Gasteiger charge is -2.67.